The maximum atomic E-state index is 12.5. The van der Waals surface area contributed by atoms with Crippen LogP contribution in [0.15, 0.2) is 23.4 Å². The molecule has 2 rings (SSSR count). The van der Waals surface area contributed by atoms with Crippen molar-refractivity contribution in [3.63, 3.8) is 0 Å². The predicted molar refractivity (Wildman–Crippen MR) is 79.4 cm³/mol. The topological polar surface area (TPSA) is 100 Å². The minimum atomic E-state index is -3.66. The van der Waals surface area contributed by atoms with Crippen LogP contribution < -0.4 is 15.4 Å². The zero-order chi connectivity index (χ0) is 15.3. The zero-order valence-corrected chi connectivity index (χ0v) is 12.7. The third kappa shape index (κ3) is 4.15. The van der Waals surface area contributed by atoms with Crippen LogP contribution in [0.3, 0.4) is 0 Å². The second-order valence-electron chi connectivity index (χ2n) is 4.96. The number of carbonyl (C=O) groups is 1. The van der Waals surface area contributed by atoms with Crippen LogP contribution in [-0.4, -0.2) is 38.4 Å². The molecule has 2 heterocycles. The van der Waals surface area contributed by atoms with Gasteiger partial charge in [0, 0.05) is 37.9 Å². The molecule has 1 atom stereocenters. The Bertz CT molecular complexity index is 593. The highest BCUT2D eigenvalue weighted by Gasteiger charge is 2.26. The van der Waals surface area contributed by atoms with Gasteiger partial charge in [-0.2, -0.15) is 0 Å². The monoisotopic (exact) mass is 312 g/mol. The Morgan fingerprint density at radius 3 is 2.95 bits per heavy atom. The summed E-state index contributed by atoms with van der Waals surface area (Å²) >= 11 is 0. The summed E-state index contributed by atoms with van der Waals surface area (Å²) in [4.78, 5) is 15.1. The Balaban J connectivity index is 2.13. The summed E-state index contributed by atoms with van der Waals surface area (Å²) < 4.78 is 27.6. The molecule has 1 unspecified atom stereocenters. The van der Waals surface area contributed by atoms with Crippen LogP contribution >= 0.6 is 0 Å². The van der Waals surface area contributed by atoms with Crippen molar-refractivity contribution in [1.29, 1.82) is 0 Å². The van der Waals surface area contributed by atoms with Crippen LogP contribution in [0.25, 0.3) is 0 Å². The van der Waals surface area contributed by atoms with Crippen molar-refractivity contribution >= 4 is 21.6 Å². The number of hydrogen-bond acceptors (Lipinski definition) is 5. The first-order valence-corrected chi connectivity index (χ1v) is 8.48. The molecule has 1 aromatic rings. The van der Waals surface area contributed by atoms with Gasteiger partial charge in [-0.3, -0.25) is 9.78 Å². The van der Waals surface area contributed by atoms with Crippen molar-refractivity contribution in [1.82, 2.24) is 15.0 Å². The summed E-state index contributed by atoms with van der Waals surface area (Å²) in [5.41, 5.74) is 0.541. The van der Waals surface area contributed by atoms with Crippen molar-refractivity contribution in [2.24, 2.45) is 0 Å². The van der Waals surface area contributed by atoms with E-state index < -0.39 is 10.0 Å². The molecule has 8 heteroatoms. The quantitative estimate of drug-likeness (QED) is 0.708. The van der Waals surface area contributed by atoms with Gasteiger partial charge in [-0.05, 0) is 18.9 Å². The van der Waals surface area contributed by atoms with Gasteiger partial charge < -0.3 is 10.6 Å². The molecule has 3 N–H and O–H groups in total. The van der Waals surface area contributed by atoms with Crippen LogP contribution in [0, 0.1) is 0 Å². The van der Waals surface area contributed by atoms with Gasteiger partial charge in [-0.25, -0.2) is 13.1 Å². The van der Waals surface area contributed by atoms with E-state index in [4.69, 9.17) is 0 Å². The van der Waals surface area contributed by atoms with Crippen LogP contribution in [0.2, 0.25) is 0 Å². The molecule has 0 bridgehead atoms. The van der Waals surface area contributed by atoms with E-state index >= 15 is 0 Å². The van der Waals surface area contributed by atoms with Crippen molar-refractivity contribution in [3.8, 4) is 0 Å². The normalized spacial score (nSPS) is 19.1. The standard InChI is InChI=1S/C13H20N4O3S/c1-2-6-15-11-5-7-14-9-12(11)21(19,20)17-10-3-4-13(18)16-8-10/h5,7,9-10,17H,2-4,6,8H2,1H3,(H,14,15)(H,16,18). The predicted octanol–water partition coefficient (Wildman–Crippen LogP) is 0.460. The Morgan fingerprint density at radius 1 is 1.48 bits per heavy atom. The van der Waals surface area contributed by atoms with Gasteiger partial charge in [0.25, 0.3) is 0 Å². The summed E-state index contributed by atoms with van der Waals surface area (Å²) in [6.45, 7) is 3.01. The number of carbonyl (C=O) groups excluding carboxylic acids is 1. The molecule has 7 nitrogen and oxygen atoms in total. The fourth-order valence-corrected chi connectivity index (χ4v) is 3.51. The average molecular weight is 312 g/mol. The lowest BCUT2D eigenvalue weighted by Gasteiger charge is -2.23. The van der Waals surface area contributed by atoms with Gasteiger partial charge in [-0.1, -0.05) is 6.92 Å². The van der Waals surface area contributed by atoms with E-state index in [-0.39, 0.29) is 16.8 Å². The second kappa shape index (κ2) is 6.86. The smallest absolute Gasteiger partial charge is 0.244 e. The SMILES string of the molecule is CCCNc1ccncc1S(=O)(=O)NC1CCC(=O)NC1. The van der Waals surface area contributed by atoms with Crippen LogP contribution in [-0.2, 0) is 14.8 Å². The van der Waals surface area contributed by atoms with Crippen LogP contribution in [0.5, 0.6) is 0 Å². The molecule has 0 saturated carbocycles. The molecular formula is C13H20N4O3S. The Labute approximate surface area is 124 Å². The number of hydrogen-bond donors (Lipinski definition) is 3. The molecule has 1 aromatic heterocycles. The number of piperidine rings is 1. The van der Waals surface area contributed by atoms with E-state index in [0.717, 1.165) is 6.42 Å². The van der Waals surface area contributed by atoms with Gasteiger partial charge in [0.05, 0.1) is 5.69 Å². The number of amides is 1. The molecule has 0 aromatic carbocycles. The minimum absolute atomic E-state index is 0.0443. The van der Waals surface area contributed by atoms with Gasteiger partial charge >= 0.3 is 0 Å². The van der Waals surface area contributed by atoms with E-state index in [2.05, 4.69) is 20.3 Å². The highest BCUT2D eigenvalue weighted by atomic mass is 32.2. The molecule has 1 fully saturated rings. The van der Waals surface area contributed by atoms with E-state index in [0.29, 0.717) is 31.6 Å². The maximum Gasteiger partial charge on any atom is 0.244 e. The zero-order valence-electron chi connectivity index (χ0n) is 11.9. The first-order valence-electron chi connectivity index (χ1n) is 7.00. The number of aromatic nitrogens is 1. The summed E-state index contributed by atoms with van der Waals surface area (Å²) in [7, 11) is -3.66. The van der Waals surface area contributed by atoms with Gasteiger partial charge in [0.2, 0.25) is 15.9 Å². The summed E-state index contributed by atoms with van der Waals surface area (Å²) in [5.74, 6) is -0.0443. The Hall–Kier alpha value is -1.67. The summed E-state index contributed by atoms with van der Waals surface area (Å²) in [6, 6.07) is 1.36. The van der Waals surface area contributed by atoms with E-state index in [9.17, 15) is 13.2 Å². The van der Waals surface area contributed by atoms with Gasteiger partial charge in [0.1, 0.15) is 4.90 Å². The highest BCUT2D eigenvalue weighted by Crippen LogP contribution is 2.20. The number of rotatable bonds is 6. The average Bonchev–Trinajstić information content (AvgIpc) is 2.47. The molecule has 0 aliphatic carbocycles. The van der Waals surface area contributed by atoms with Crippen molar-refractivity contribution < 1.29 is 13.2 Å². The number of nitrogens with one attached hydrogen (secondary N) is 3. The Morgan fingerprint density at radius 2 is 2.29 bits per heavy atom. The molecule has 0 spiro atoms. The molecule has 1 saturated heterocycles. The fourth-order valence-electron chi connectivity index (χ4n) is 2.12. The molecule has 116 valence electrons. The lowest BCUT2D eigenvalue weighted by Crippen LogP contribution is -2.47. The number of anilines is 1. The van der Waals surface area contributed by atoms with Crippen molar-refractivity contribution in [3.05, 3.63) is 18.5 Å². The highest BCUT2D eigenvalue weighted by molar-refractivity contribution is 7.89. The maximum absolute atomic E-state index is 12.5. The molecule has 1 aliphatic rings. The first-order chi connectivity index (χ1) is 10.0. The van der Waals surface area contributed by atoms with Gasteiger partial charge in [0.15, 0.2) is 0 Å². The molecule has 21 heavy (non-hydrogen) atoms. The molecule has 1 amide bonds. The lowest BCUT2D eigenvalue weighted by atomic mass is 10.1. The van der Waals surface area contributed by atoms with Crippen molar-refractivity contribution in [2.45, 2.75) is 37.1 Å². The first kappa shape index (κ1) is 15.7. The Kier molecular flexibility index (Phi) is 5.13. The summed E-state index contributed by atoms with van der Waals surface area (Å²) in [5, 5.41) is 5.74. The second-order valence-corrected chi connectivity index (χ2v) is 6.64. The number of nitrogens with zero attached hydrogens (tertiary/aromatic N) is 1. The minimum Gasteiger partial charge on any atom is -0.384 e. The largest absolute Gasteiger partial charge is 0.384 e. The van der Waals surface area contributed by atoms with E-state index in [1.54, 1.807) is 12.3 Å². The molecule has 1 aliphatic heterocycles. The number of sulfonamides is 1. The molecular weight excluding hydrogens is 292 g/mol. The summed E-state index contributed by atoms with van der Waals surface area (Å²) in [6.07, 6.45) is 4.62. The van der Waals surface area contributed by atoms with Crippen LogP contribution in [0.1, 0.15) is 26.2 Å². The third-order valence-electron chi connectivity index (χ3n) is 3.23. The lowest BCUT2D eigenvalue weighted by molar-refractivity contribution is -0.122. The molecule has 0 radical (unpaired) electrons. The van der Waals surface area contributed by atoms with Gasteiger partial charge in [-0.15, -0.1) is 0 Å². The van der Waals surface area contributed by atoms with Crippen LogP contribution in [0.4, 0.5) is 5.69 Å². The van der Waals surface area contributed by atoms with Crippen molar-refractivity contribution in [2.75, 3.05) is 18.4 Å². The fraction of sp³-hybridized carbons (Fsp3) is 0.538. The van der Waals surface area contributed by atoms with E-state index in [1.165, 1.54) is 6.20 Å². The van der Waals surface area contributed by atoms with E-state index in [1.807, 2.05) is 6.92 Å². The third-order valence-corrected chi connectivity index (χ3v) is 4.77. The number of pyridine rings is 1.